The number of aryl methyl sites for hydroxylation is 1. The smallest absolute Gasteiger partial charge is 0.233 e. The molecule has 7 heteroatoms. The van der Waals surface area contributed by atoms with Gasteiger partial charge in [-0.25, -0.2) is 0 Å². The zero-order chi connectivity index (χ0) is 20.2. The Labute approximate surface area is 171 Å². The summed E-state index contributed by atoms with van der Waals surface area (Å²) in [4.78, 5) is 32.4. The quantitative estimate of drug-likeness (QED) is 0.650. The number of hydrogen-bond acceptors (Lipinski definition) is 5. The fourth-order valence-electron chi connectivity index (χ4n) is 3.64. The average Bonchev–Trinajstić information content (AvgIpc) is 3.44. The van der Waals surface area contributed by atoms with Crippen LogP contribution in [0.4, 0.5) is 0 Å². The zero-order valence-corrected chi connectivity index (χ0v) is 16.9. The van der Waals surface area contributed by atoms with Crippen molar-refractivity contribution in [1.29, 1.82) is 0 Å². The van der Waals surface area contributed by atoms with Gasteiger partial charge in [-0.05, 0) is 31.2 Å². The molecule has 0 N–H and O–H groups in total. The Hall–Kier alpha value is -2.70. The Morgan fingerprint density at radius 1 is 1.17 bits per heavy atom. The third-order valence-corrected chi connectivity index (χ3v) is 5.74. The van der Waals surface area contributed by atoms with Gasteiger partial charge < -0.3 is 14.3 Å². The van der Waals surface area contributed by atoms with Crippen LogP contribution in [0.5, 0.6) is 0 Å². The SMILES string of the molecule is CN(CCc1noc(C2CN(C(=O)CCCc3ccccc3)C2)n1)C(=O)C1CC1. The first kappa shape index (κ1) is 19.6. The lowest BCUT2D eigenvalue weighted by molar-refractivity contribution is -0.136. The Balaban J connectivity index is 1.16. The number of likely N-dealkylation sites (tertiary alicyclic amines) is 1. The number of nitrogens with zero attached hydrogens (tertiary/aromatic N) is 4. The molecule has 1 saturated heterocycles. The number of benzene rings is 1. The van der Waals surface area contributed by atoms with Crippen LogP contribution in [0.15, 0.2) is 34.9 Å². The van der Waals surface area contributed by atoms with Crippen molar-refractivity contribution in [2.45, 2.75) is 44.4 Å². The first-order valence-corrected chi connectivity index (χ1v) is 10.5. The van der Waals surface area contributed by atoms with Crippen LogP contribution in [-0.2, 0) is 22.4 Å². The van der Waals surface area contributed by atoms with Crippen molar-refractivity contribution in [1.82, 2.24) is 19.9 Å². The Kier molecular flexibility index (Phi) is 5.92. The number of carbonyl (C=O) groups is 2. The molecule has 0 unspecified atom stereocenters. The van der Waals surface area contributed by atoms with Gasteiger partial charge in [0.2, 0.25) is 17.7 Å². The summed E-state index contributed by atoms with van der Waals surface area (Å²) < 4.78 is 5.39. The molecule has 1 aliphatic heterocycles. The summed E-state index contributed by atoms with van der Waals surface area (Å²) in [7, 11) is 1.83. The van der Waals surface area contributed by atoms with E-state index in [1.54, 1.807) is 4.90 Å². The third kappa shape index (κ3) is 5.02. The second-order valence-electron chi connectivity index (χ2n) is 8.17. The van der Waals surface area contributed by atoms with Gasteiger partial charge in [-0.15, -0.1) is 0 Å². The molecule has 0 atom stereocenters. The number of likely N-dealkylation sites (N-methyl/N-ethyl adjacent to an activating group) is 1. The molecule has 0 spiro atoms. The van der Waals surface area contributed by atoms with E-state index in [4.69, 9.17) is 4.52 Å². The summed E-state index contributed by atoms with van der Waals surface area (Å²) >= 11 is 0. The van der Waals surface area contributed by atoms with Crippen molar-refractivity contribution in [3.8, 4) is 0 Å². The van der Waals surface area contributed by atoms with Crippen molar-refractivity contribution in [3.63, 3.8) is 0 Å². The van der Waals surface area contributed by atoms with E-state index in [0.29, 0.717) is 44.2 Å². The van der Waals surface area contributed by atoms with Gasteiger partial charge in [0.05, 0.1) is 5.92 Å². The highest BCUT2D eigenvalue weighted by Crippen LogP contribution is 2.30. The van der Waals surface area contributed by atoms with Crippen LogP contribution in [0.2, 0.25) is 0 Å². The van der Waals surface area contributed by atoms with Gasteiger partial charge in [-0.2, -0.15) is 4.98 Å². The van der Waals surface area contributed by atoms with E-state index in [0.717, 1.165) is 25.7 Å². The van der Waals surface area contributed by atoms with Gasteiger partial charge in [0.15, 0.2) is 5.82 Å². The molecule has 1 aromatic heterocycles. The molecular formula is C22H28N4O3. The fourth-order valence-corrected chi connectivity index (χ4v) is 3.64. The van der Waals surface area contributed by atoms with Crippen molar-refractivity contribution < 1.29 is 14.1 Å². The molecule has 1 aromatic carbocycles. The van der Waals surface area contributed by atoms with Crippen LogP contribution in [0.1, 0.15) is 48.9 Å². The molecule has 2 heterocycles. The third-order valence-electron chi connectivity index (χ3n) is 5.74. The van der Waals surface area contributed by atoms with E-state index in [-0.39, 0.29) is 23.7 Å². The average molecular weight is 396 g/mol. The van der Waals surface area contributed by atoms with Crippen molar-refractivity contribution in [2.75, 3.05) is 26.7 Å². The number of amides is 2. The predicted octanol–water partition coefficient (Wildman–Crippen LogP) is 2.43. The van der Waals surface area contributed by atoms with Gasteiger partial charge in [0.25, 0.3) is 0 Å². The van der Waals surface area contributed by atoms with Gasteiger partial charge >= 0.3 is 0 Å². The molecular weight excluding hydrogens is 368 g/mol. The van der Waals surface area contributed by atoms with Crippen LogP contribution in [0, 0.1) is 5.92 Å². The standard InChI is InChI=1S/C22H28N4O3/c1-25(22(28)17-10-11-17)13-12-19-23-21(29-24-19)18-14-26(15-18)20(27)9-5-8-16-6-3-2-4-7-16/h2-4,6-7,17-18H,5,8-15H2,1H3. The summed E-state index contributed by atoms with van der Waals surface area (Å²) in [6.07, 6.45) is 4.97. The van der Waals surface area contributed by atoms with E-state index < -0.39 is 0 Å². The molecule has 0 radical (unpaired) electrons. The van der Waals surface area contributed by atoms with Crippen LogP contribution in [-0.4, -0.2) is 58.4 Å². The lowest BCUT2D eigenvalue weighted by Crippen LogP contribution is -2.48. The molecule has 0 bridgehead atoms. The summed E-state index contributed by atoms with van der Waals surface area (Å²) in [5, 5.41) is 4.04. The van der Waals surface area contributed by atoms with Crippen LogP contribution in [0.25, 0.3) is 0 Å². The number of aromatic nitrogens is 2. The Morgan fingerprint density at radius 2 is 1.93 bits per heavy atom. The summed E-state index contributed by atoms with van der Waals surface area (Å²) in [5.74, 6) is 1.99. The van der Waals surface area contributed by atoms with E-state index in [2.05, 4.69) is 22.3 Å². The van der Waals surface area contributed by atoms with Gasteiger partial charge in [-0.1, -0.05) is 35.5 Å². The van der Waals surface area contributed by atoms with E-state index >= 15 is 0 Å². The molecule has 2 amide bonds. The number of carbonyl (C=O) groups excluding carboxylic acids is 2. The van der Waals surface area contributed by atoms with Gasteiger partial charge in [0.1, 0.15) is 0 Å². The minimum atomic E-state index is 0.125. The van der Waals surface area contributed by atoms with Crippen LogP contribution in [0.3, 0.4) is 0 Å². The lowest BCUT2D eigenvalue weighted by Gasteiger charge is -2.37. The topological polar surface area (TPSA) is 79.5 Å². The maximum atomic E-state index is 12.3. The van der Waals surface area contributed by atoms with Crippen molar-refractivity contribution in [3.05, 3.63) is 47.6 Å². The van der Waals surface area contributed by atoms with Gasteiger partial charge in [-0.3, -0.25) is 9.59 Å². The number of rotatable bonds is 9. The van der Waals surface area contributed by atoms with Crippen molar-refractivity contribution >= 4 is 11.8 Å². The van der Waals surface area contributed by atoms with Crippen LogP contribution >= 0.6 is 0 Å². The molecule has 1 aliphatic carbocycles. The number of hydrogen-bond donors (Lipinski definition) is 0. The second-order valence-corrected chi connectivity index (χ2v) is 8.17. The van der Waals surface area contributed by atoms with Gasteiger partial charge in [0, 0.05) is 45.4 Å². The van der Waals surface area contributed by atoms with E-state index in [1.807, 2.05) is 30.1 Å². The highest BCUT2D eigenvalue weighted by Gasteiger charge is 2.35. The minimum absolute atomic E-state index is 0.125. The highest BCUT2D eigenvalue weighted by molar-refractivity contribution is 5.80. The largest absolute Gasteiger partial charge is 0.345 e. The monoisotopic (exact) mass is 396 g/mol. The predicted molar refractivity (Wildman–Crippen MR) is 107 cm³/mol. The molecule has 154 valence electrons. The Morgan fingerprint density at radius 3 is 2.66 bits per heavy atom. The molecule has 7 nitrogen and oxygen atoms in total. The first-order chi connectivity index (χ1) is 14.1. The summed E-state index contributed by atoms with van der Waals surface area (Å²) in [6.45, 7) is 1.89. The van der Waals surface area contributed by atoms with Crippen LogP contribution < -0.4 is 0 Å². The molecule has 2 aromatic rings. The maximum absolute atomic E-state index is 12.3. The zero-order valence-electron chi connectivity index (χ0n) is 16.9. The minimum Gasteiger partial charge on any atom is -0.345 e. The Bertz CT molecular complexity index is 841. The summed E-state index contributed by atoms with van der Waals surface area (Å²) in [5.41, 5.74) is 1.27. The highest BCUT2D eigenvalue weighted by atomic mass is 16.5. The maximum Gasteiger partial charge on any atom is 0.233 e. The van der Waals surface area contributed by atoms with Crippen molar-refractivity contribution in [2.24, 2.45) is 5.92 Å². The fraction of sp³-hybridized carbons (Fsp3) is 0.545. The molecule has 1 saturated carbocycles. The molecule has 2 aliphatic rings. The second kappa shape index (κ2) is 8.76. The summed E-state index contributed by atoms with van der Waals surface area (Å²) in [6, 6.07) is 10.2. The molecule has 4 rings (SSSR count). The normalized spacial score (nSPS) is 16.5. The first-order valence-electron chi connectivity index (χ1n) is 10.5. The lowest BCUT2D eigenvalue weighted by atomic mass is 9.99. The molecule has 2 fully saturated rings. The van der Waals surface area contributed by atoms with E-state index in [1.165, 1.54) is 5.56 Å². The van der Waals surface area contributed by atoms with E-state index in [9.17, 15) is 9.59 Å². The molecule has 29 heavy (non-hydrogen) atoms.